The smallest absolute Gasteiger partial charge is 0.312 e. The van der Waals surface area contributed by atoms with E-state index in [0.717, 1.165) is 40.8 Å². The van der Waals surface area contributed by atoms with E-state index in [4.69, 9.17) is 0 Å². The molecular formula is C17H13IN4O4S. The summed E-state index contributed by atoms with van der Waals surface area (Å²) < 4.78 is 1.48. The molecular weight excluding hydrogens is 483 g/mol. The number of hydrogen-bond acceptors (Lipinski definition) is 7. The highest BCUT2D eigenvalue weighted by Gasteiger charge is 2.20. The van der Waals surface area contributed by atoms with Crippen molar-refractivity contribution in [1.29, 1.82) is 0 Å². The average molecular weight is 496 g/mol. The van der Waals surface area contributed by atoms with Crippen molar-refractivity contribution in [3.05, 3.63) is 58.5 Å². The van der Waals surface area contributed by atoms with Crippen LogP contribution >= 0.6 is 33.9 Å². The third kappa shape index (κ3) is 3.23. The summed E-state index contributed by atoms with van der Waals surface area (Å²) in [4.78, 5) is 29.5. The van der Waals surface area contributed by atoms with Crippen molar-refractivity contribution in [2.45, 2.75) is 25.7 Å². The van der Waals surface area contributed by atoms with E-state index in [0.29, 0.717) is 14.5 Å². The third-order valence-corrected chi connectivity index (χ3v) is 6.47. The Morgan fingerprint density at radius 3 is 2.93 bits per heavy atom. The van der Waals surface area contributed by atoms with Gasteiger partial charge < -0.3 is 5.11 Å². The summed E-state index contributed by atoms with van der Waals surface area (Å²) in [5.74, 6) is -0.386. The number of thiophene rings is 1. The first-order chi connectivity index (χ1) is 13.0. The van der Waals surface area contributed by atoms with Crippen molar-refractivity contribution < 1.29 is 10.0 Å². The van der Waals surface area contributed by atoms with Gasteiger partial charge in [-0.15, -0.1) is 11.3 Å². The lowest BCUT2D eigenvalue weighted by molar-refractivity contribution is -0.386. The summed E-state index contributed by atoms with van der Waals surface area (Å²) in [5.41, 5.74) is 0.844. The molecule has 1 N–H and O–H groups in total. The second-order valence-corrected chi connectivity index (χ2v) is 8.40. The van der Waals surface area contributed by atoms with Gasteiger partial charge in [-0.1, -0.05) is 0 Å². The average Bonchev–Trinajstić information content (AvgIpc) is 3.02. The molecule has 0 saturated carbocycles. The van der Waals surface area contributed by atoms with Gasteiger partial charge in [-0.2, -0.15) is 9.78 Å². The zero-order chi connectivity index (χ0) is 19.1. The van der Waals surface area contributed by atoms with Gasteiger partial charge in [-0.25, -0.2) is 4.98 Å². The summed E-state index contributed by atoms with van der Waals surface area (Å²) in [7, 11) is 0. The standard InChI is InChI=1S/C17H13IN4O4S/c18-11-5-9(6-12(15(11)23)22(25)26)7-20-21-8-19-16-14(17(21)24)10-3-1-2-4-13(10)27-16/h5-8,23H,1-4H2. The van der Waals surface area contributed by atoms with Crippen LogP contribution in [0.25, 0.3) is 10.2 Å². The minimum absolute atomic E-state index is 0.237. The van der Waals surface area contributed by atoms with Crippen molar-refractivity contribution in [2.75, 3.05) is 0 Å². The van der Waals surface area contributed by atoms with Crippen LogP contribution in [0.15, 0.2) is 28.4 Å². The number of fused-ring (bicyclic) bond motifs is 3. The maximum atomic E-state index is 12.8. The van der Waals surface area contributed by atoms with Crippen LogP contribution in [0.3, 0.4) is 0 Å². The van der Waals surface area contributed by atoms with Gasteiger partial charge in [0, 0.05) is 16.5 Å². The van der Waals surface area contributed by atoms with E-state index in [2.05, 4.69) is 10.1 Å². The van der Waals surface area contributed by atoms with Crippen molar-refractivity contribution in [3.63, 3.8) is 0 Å². The molecule has 0 unspecified atom stereocenters. The Hall–Kier alpha value is -2.34. The number of nitro groups is 1. The predicted octanol–water partition coefficient (Wildman–Crippen LogP) is 3.44. The molecule has 27 heavy (non-hydrogen) atoms. The Kier molecular flexibility index (Phi) is 4.68. The van der Waals surface area contributed by atoms with E-state index in [9.17, 15) is 20.0 Å². The number of phenols is 1. The van der Waals surface area contributed by atoms with Crippen LogP contribution in [-0.2, 0) is 12.8 Å². The normalized spacial score (nSPS) is 14.0. The van der Waals surface area contributed by atoms with Gasteiger partial charge in [0.2, 0.25) is 5.75 Å². The molecule has 1 aliphatic carbocycles. The Labute approximate surface area is 170 Å². The molecule has 0 bridgehead atoms. The molecule has 0 saturated heterocycles. The van der Waals surface area contributed by atoms with Gasteiger partial charge >= 0.3 is 5.69 Å². The molecule has 0 aliphatic heterocycles. The van der Waals surface area contributed by atoms with E-state index in [1.807, 2.05) is 22.6 Å². The number of aromatic nitrogens is 2. The van der Waals surface area contributed by atoms with Gasteiger partial charge in [0.15, 0.2) is 0 Å². The summed E-state index contributed by atoms with van der Waals surface area (Å²) >= 11 is 3.37. The molecule has 1 aromatic carbocycles. The van der Waals surface area contributed by atoms with Gasteiger partial charge in [0.1, 0.15) is 11.2 Å². The highest BCUT2D eigenvalue weighted by molar-refractivity contribution is 14.1. The first-order valence-corrected chi connectivity index (χ1v) is 10.1. The van der Waals surface area contributed by atoms with Crippen molar-refractivity contribution in [2.24, 2.45) is 5.10 Å². The maximum Gasteiger partial charge on any atom is 0.312 e. The summed E-state index contributed by atoms with van der Waals surface area (Å²) in [6.45, 7) is 0. The number of hydrogen-bond donors (Lipinski definition) is 1. The predicted molar refractivity (Wildman–Crippen MR) is 111 cm³/mol. The molecule has 3 aromatic rings. The minimum atomic E-state index is -0.660. The van der Waals surface area contributed by atoms with E-state index in [1.165, 1.54) is 23.5 Å². The Balaban J connectivity index is 1.77. The van der Waals surface area contributed by atoms with E-state index in [-0.39, 0.29) is 11.3 Å². The number of phenolic OH excluding ortho intramolecular Hbond substituents is 1. The van der Waals surface area contributed by atoms with E-state index >= 15 is 0 Å². The van der Waals surface area contributed by atoms with Crippen LogP contribution in [-0.4, -0.2) is 25.9 Å². The lowest BCUT2D eigenvalue weighted by atomic mass is 9.97. The summed E-state index contributed by atoms with van der Waals surface area (Å²) in [6.07, 6.45) is 6.76. The van der Waals surface area contributed by atoms with Crippen LogP contribution in [0.5, 0.6) is 5.75 Å². The molecule has 1 aliphatic rings. The maximum absolute atomic E-state index is 12.8. The lowest BCUT2D eigenvalue weighted by Crippen LogP contribution is -2.18. The number of nitro benzene ring substituents is 1. The molecule has 8 nitrogen and oxygen atoms in total. The molecule has 138 valence electrons. The Bertz CT molecular complexity index is 1170. The number of halogens is 1. The quantitative estimate of drug-likeness (QED) is 0.259. The van der Waals surface area contributed by atoms with Crippen molar-refractivity contribution >= 4 is 56.0 Å². The molecule has 2 heterocycles. The molecule has 10 heteroatoms. The lowest BCUT2D eigenvalue weighted by Gasteiger charge is -2.09. The van der Waals surface area contributed by atoms with E-state index in [1.54, 1.807) is 17.4 Å². The van der Waals surface area contributed by atoms with Gasteiger partial charge in [0.25, 0.3) is 5.56 Å². The fraction of sp³-hybridized carbons (Fsp3) is 0.235. The van der Waals surface area contributed by atoms with Gasteiger partial charge in [-0.3, -0.25) is 14.9 Å². The third-order valence-electron chi connectivity index (χ3n) is 4.45. The zero-order valence-corrected chi connectivity index (χ0v) is 16.9. The van der Waals surface area contributed by atoms with Crippen LogP contribution in [0.1, 0.15) is 28.8 Å². The largest absolute Gasteiger partial charge is 0.501 e. The SMILES string of the molecule is O=c1c2c3c(sc2ncn1N=Cc1cc(I)c(O)c([N+](=O)[O-])c1)CCCC3. The van der Waals surface area contributed by atoms with Gasteiger partial charge in [-0.05, 0) is 59.9 Å². The number of aromatic hydroxyl groups is 1. The summed E-state index contributed by atoms with van der Waals surface area (Å²) in [6, 6.07) is 2.76. The van der Waals surface area contributed by atoms with Gasteiger partial charge in [0.05, 0.1) is 20.1 Å². The van der Waals surface area contributed by atoms with Crippen molar-refractivity contribution in [3.8, 4) is 5.75 Å². The molecule has 0 radical (unpaired) electrons. The molecule has 0 atom stereocenters. The fourth-order valence-electron chi connectivity index (χ4n) is 3.17. The Morgan fingerprint density at radius 2 is 2.15 bits per heavy atom. The first kappa shape index (κ1) is 18.0. The molecule has 0 spiro atoms. The highest BCUT2D eigenvalue weighted by Crippen LogP contribution is 2.33. The molecule has 0 fully saturated rings. The molecule has 0 amide bonds. The second kappa shape index (κ2) is 7.00. The van der Waals surface area contributed by atoms with E-state index < -0.39 is 10.6 Å². The number of nitrogens with zero attached hydrogens (tertiary/aromatic N) is 4. The summed E-state index contributed by atoms with van der Waals surface area (Å²) in [5, 5.41) is 25.6. The topological polar surface area (TPSA) is 111 Å². The fourth-order valence-corrected chi connectivity index (χ4v) is 5.02. The first-order valence-electron chi connectivity index (χ1n) is 8.19. The van der Waals surface area contributed by atoms with Crippen molar-refractivity contribution in [1.82, 2.24) is 9.66 Å². The molecule has 2 aromatic heterocycles. The minimum Gasteiger partial charge on any atom is -0.501 e. The second-order valence-electron chi connectivity index (χ2n) is 6.16. The monoisotopic (exact) mass is 496 g/mol. The number of benzene rings is 1. The molecule has 4 rings (SSSR count). The number of rotatable bonds is 3. The van der Waals surface area contributed by atoms with Crippen LogP contribution < -0.4 is 5.56 Å². The van der Waals surface area contributed by atoms with Crippen LogP contribution in [0, 0.1) is 13.7 Å². The number of aryl methyl sites for hydroxylation is 2. The van der Waals surface area contributed by atoms with Crippen LogP contribution in [0.2, 0.25) is 0 Å². The highest BCUT2D eigenvalue weighted by atomic mass is 127. The van der Waals surface area contributed by atoms with Crippen LogP contribution in [0.4, 0.5) is 5.69 Å². The Morgan fingerprint density at radius 1 is 1.37 bits per heavy atom. The zero-order valence-electron chi connectivity index (χ0n) is 13.9.